The molecule has 1 rings (SSSR count). The zero-order chi connectivity index (χ0) is 12.3. The molecule has 0 saturated carbocycles. The average Bonchev–Trinajstić information content (AvgIpc) is 2.44. The quantitative estimate of drug-likeness (QED) is 0.816. The number of likely N-dealkylation sites (N-methyl/N-ethyl adjacent to an activating group) is 1. The molecule has 92 valence electrons. The van der Waals surface area contributed by atoms with E-state index in [9.17, 15) is 0 Å². The molecular formula is C11H22N4O. The van der Waals surface area contributed by atoms with Gasteiger partial charge in [-0.2, -0.15) is 5.10 Å². The first-order valence-corrected chi connectivity index (χ1v) is 5.53. The van der Waals surface area contributed by atoms with Crippen molar-refractivity contribution in [3.8, 4) is 5.88 Å². The lowest BCUT2D eigenvalue weighted by Gasteiger charge is -2.11. The largest absolute Gasteiger partial charge is 0.475 e. The molecule has 0 radical (unpaired) electrons. The van der Waals surface area contributed by atoms with Gasteiger partial charge in [-0.15, -0.1) is 0 Å². The van der Waals surface area contributed by atoms with Crippen LogP contribution in [0.3, 0.4) is 0 Å². The molecule has 0 aliphatic heterocycles. The van der Waals surface area contributed by atoms with Crippen molar-refractivity contribution in [3.05, 3.63) is 5.69 Å². The Morgan fingerprint density at radius 2 is 2.06 bits per heavy atom. The van der Waals surface area contributed by atoms with Gasteiger partial charge in [0.05, 0.1) is 5.69 Å². The number of nitrogens with zero attached hydrogens (tertiary/aromatic N) is 3. The fraction of sp³-hybridized carbons (Fsp3) is 0.727. The number of rotatable bonds is 5. The number of nitrogen functional groups attached to an aromatic ring is 1. The summed E-state index contributed by atoms with van der Waals surface area (Å²) in [5.41, 5.74) is 7.57. The molecule has 0 amide bonds. The summed E-state index contributed by atoms with van der Waals surface area (Å²) >= 11 is 0. The standard InChI is InChI=1S/C11H22N4O/c1-8(2)10-9(12)11(15(5)13-10)16-7-6-14(3)4/h8H,6-7,12H2,1-5H3. The minimum atomic E-state index is 0.317. The molecule has 0 bridgehead atoms. The summed E-state index contributed by atoms with van der Waals surface area (Å²) in [7, 11) is 5.87. The lowest BCUT2D eigenvalue weighted by atomic mass is 10.1. The predicted octanol–water partition coefficient (Wildman–Crippen LogP) is 1.07. The van der Waals surface area contributed by atoms with E-state index < -0.39 is 0 Å². The maximum Gasteiger partial charge on any atom is 0.235 e. The lowest BCUT2D eigenvalue weighted by Crippen LogP contribution is -2.20. The maximum absolute atomic E-state index is 6.00. The third kappa shape index (κ3) is 2.88. The van der Waals surface area contributed by atoms with Crippen molar-refractivity contribution >= 4 is 5.69 Å². The van der Waals surface area contributed by atoms with Gasteiger partial charge in [0.15, 0.2) is 0 Å². The zero-order valence-corrected chi connectivity index (χ0v) is 10.8. The maximum atomic E-state index is 6.00. The van der Waals surface area contributed by atoms with Crippen LogP contribution in [0.2, 0.25) is 0 Å². The van der Waals surface area contributed by atoms with Crippen LogP contribution in [0.5, 0.6) is 5.88 Å². The molecule has 5 nitrogen and oxygen atoms in total. The Balaban J connectivity index is 2.72. The molecule has 0 atom stereocenters. The summed E-state index contributed by atoms with van der Waals surface area (Å²) in [5.74, 6) is 0.989. The summed E-state index contributed by atoms with van der Waals surface area (Å²) in [4.78, 5) is 2.07. The highest BCUT2D eigenvalue weighted by atomic mass is 16.5. The molecule has 0 aromatic carbocycles. The van der Waals surface area contributed by atoms with Gasteiger partial charge in [-0.3, -0.25) is 0 Å². The van der Waals surface area contributed by atoms with E-state index >= 15 is 0 Å². The SMILES string of the molecule is CC(C)c1nn(C)c(OCCN(C)C)c1N. The molecule has 1 aromatic heterocycles. The van der Waals surface area contributed by atoms with E-state index in [1.165, 1.54) is 0 Å². The molecular weight excluding hydrogens is 204 g/mol. The summed E-state index contributed by atoms with van der Waals surface area (Å²) in [5, 5.41) is 4.36. The second-order valence-corrected chi connectivity index (χ2v) is 4.53. The summed E-state index contributed by atoms with van der Waals surface area (Å²) in [6, 6.07) is 0. The van der Waals surface area contributed by atoms with Gasteiger partial charge in [-0.25, -0.2) is 4.68 Å². The van der Waals surface area contributed by atoms with E-state index in [1.54, 1.807) is 4.68 Å². The molecule has 0 saturated heterocycles. The Morgan fingerprint density at radius 3 is 2.50 bits per heavy atom. The lowest BCUT2D eigenvalue weighted by molar-refractivity contribution is 0.246. The van der Waals surface area contributed by atoms with Gasteiger partial charge in [0.2, 0.25) is 5.88 Å². The van der Waals surface area contributed by atoms with Crippen LogP contribution in [0.15, 0.2) is 0 Å². The molecule has 5 heteroatoms. The van der Waals surface area contributed by atoms with Crippen LogP contribution in [0.4, 0.5) is 5.69 Å². The minimum absolute atomic E-state index is 0.317. The van der Waals surface area contributed by atoms with Crippen molar-refractivity contribution in [1.82, 2.24) is 14.7 Å². The molecule has 0 fully saturated rings. The molecule has 0 spiro atoms. The highest BCUT2D eigenvalue weighted by Gasteiger charge is 2.16. The summed E-state index contributed by atoms with van der Waals surface area (Å²) in [6.07, 6.45) is 0. The van der Waals surface area contributed by atoms with Gasteiger partial charge in [0.1, 0.15) is 12.3 Å². The number of ether oxygens (including phenoxy) is 1. The Hall–Kier alpha value is -1.23. The summed E-state index contributed by atoms with van der Waals surface area (Å²) in [6.45, 7) is 5.63. The van der Waals surface area contributed by atoms with E-state index in [1.807, 2.05) is 21.1 Å². The number of hydrogen-bond acceptors (Lipinski definition) is 4. The third-order valence-electron chi connectivity index (χ3n) is 2.38. The van der Waals surface area contributed by atoms with E-state index in [0.717, 1.165) is 12.2 Å². The first kappa shape index (κ1) is 12.8. The first-order chi connectivity index (χ1) is 7.43. The first-order valence-electron chi connectivity index (χ1n) is 5.53. The minimum Gasteiger partial charge on any atom is -0.475 e. The van der Waals surface area contributed by atoms with Crippen molar-refractivity contribution in [3.63, 3.8) is 0 Å². The Kier molecular flexibility index (Phi) is 4.18. The second-order valence-electron chi connectivity index (χ2n) is 4.53. The number of hydrogen-bond donors (Lipinski definition) is 1. The van der Waals surface area contributed by atoms with Crippen molar-refractivity contribution in [2.24, 2.45) is 7.05 Å². The van der Waals surface area contributed by atoms with E-state index in [2.05, 4.69) is 23.8 Å². The van der Waals surface area contributed by atoms with E-state index in [4.69, 9.17) is 10.5 Å². The number of anilines is 1. The third-order valence-corrected chi connectivity index (χ3v) is 2.38. The highest BCUT2D eigenvalue weighted by Crippen LogP contribution is 2.29. The van der Waals surface area contributed by atoms with Crippen molar-refractivity contribution in [2.45, 2.75) is 19.8 Å². The van der Waals surface area contributed by atoms with Crippen molar-refractivity contribution < 1.29 is 4.74 Å². The number of nitrogens with two attached hydrogens (primary N) is 1. The smallest absolute Gasteiger partial charge is 0.235 e. The molecule has 1 aromatic rings. The van der Waals surface area contributed by atoms with Gasteiger partial charge < -0.3 is 15.4 Å². The molecule has 0 unspecified atom stereocenters. The van der Waals surface area contributed by atoms with E-state index in [0.29, 0.717) is 24.1 Å². The van der Waals surface area contributed by atoms with Gasteiger partial charge in [0, 0.05) is 13.6 Å². The van der Waals surface area contributed by atoms with Crippen LogP contribution >= 0.6 is 0 Å². The fourth-order valence-corrected chi connectivity index (χ4v) is 1.47. The average molecular weight is 226 g/mol. The zero-order valence-electron chi connectivity index (χ0n) is 10.8. The molecule has 0 aliphatic carbocycles. The van der Waals surface area contributed by atoms with Crippen LogP contribution in [0.1, 0.15) is 25.5 Å². The Labute approximate surface area is 97.2 Å². The predicted molar refractivity (Wildman–Crippen MR) is 65.8 cm³/mol. The van der Waals surface area contributed by atoms with Gasteiger partial charge >= 0.3 is 0 Å². The van der Waals surface area contributed by atoms with Crippen LogP contribution in [0.25, 0.3) is 0 Å². The molecule has 2 N–H and O–H groups in total. The number of aromatic nitrogens is 2. The number of aryl methyl sites for hydroxylation is 1. The van der Waals surface area contributed by atoms with Crippen LogP contribution in [-0.4, -0.2) is 41.9 Å². The Bertz CT molecular complexity index is 344. The molecule has 16 heavy (non-hydrogen) atoms. The fourth-order valence-electron chi connectivity index (χ4n) is 1.47. The van der Waals surface area contributed by atoms with Crippen molar-refractivity contribution in [1.29, 1.82) is 0 Å². The molecule has 1 heterocycles. The topological polar surface area (TPSA) is 56.3 Å². The van der Waals surface area contributed by atoms with E-state index in [-0.39, 0.29) is 0 Å². The van der Waals surface area contributed by atoms with Gasteiger partial charge in [-0.05, 0) is 20.0 Å². The molecule has 0 aliphatic rings. The van der Waals surface area contributed by atoms with Gasteiger partial charge in [-0.1, -0.05) is 13.8 Å². The normalized spacial score (nSPS) is 11.4. The van der Waals surface area contributed by atoms with Crippen LogP contribution in [0, 0.1) is 0 Å². The van der Waals surface area contributed by atoms with Crippen molar-refractivity contribution in [2.75, 3.05) is 33.0 Å². The summed E-state index contributed by atoms with van der Waals surface area (Å²) < 4.78 is 7.35. The van der Waals surface area contributed by atoms with Crippen LogP contribution < -0.4 is 10.5 Å². The highest BCUT2D eigenvalue weighted by molar-refractivity contribution is 5.54. The van der Waals surface area contributed by atoms with Crippen LogP contribution in [-0.2, 0) is 7.05 Å². The monoisotopic (exact) mass is 226 g/mol. The van der Waals surface area contributed by atoms with Gasteiger partial charge in [0.25, 0.3) is 0 Å². The Morgan fingerprint density at radius 1 is 1.44 bits per heavy atom. The second kappa shape index (κ2) is 5.21.